The average molecular weight is 292 g/mol. The van der Waals surface area contributed by atoms with Gasteiger partial charge in [-0.15, -0.1) is 11.3 Å². The molecular weight excluding hydrogens is 264 g/mol. The van der Waals surface area contributed by atoms with E-state index in [0.717, 1.165) is 25.4 Å². The first-order valence-corrected chi connectivity index (χ1v) is 8.82. The highest BCUT2D eigenvalue weighted by Gasteiger charge is 2.48. The molecule has 3 heteroatoms. The second kappa shape index (κ2) is 5.11. The molecule has 2 aliphatic rings. The van der Waals surface area contributed by atoms with Gasteiger partial charge in [0.1, 0.15) is 0 Å². The second-order valence-corrected chi connectivity index (χ2v) is 8.69. The van der Waals surface area contributed by atoms with E-state index in [4.69, 9.17) is 0 Å². The molecule has 1 aromatic rings. The maximum absolute atomic E-state index is 3.84. The van der Waals surface area contributed by atoms with Crippen LogP contribution in [-0.2, 0) is 13.0 Å². The topological polar surface area (TPSA) is 15.3 Å². The average Bonchev–Trinajstić information content (AvgIpc) is 3.17. The summed E-state index contributed by atoms with van der Waals surface area (Å²) in [6.45, 7) is 12.8. The zero-order valence-electron chi connectivity index (χ0n) is 13.3. The van der Waals surface area contributed by atoms with Crippen LogP contribution >= 0.6 is 11.3 Å². The third kappa shape index (κ3) is 2.81. The van der Waals surface area contributed by atoms with Crippen molar-refractivity contribution in [3.63, 3.8) is 0 Å². The van der Waals surface area contributed by atoms with Crippen molar-refractivity contribution in [3.8, 4) is 0 Å². The maximum atomic E-state index is 3.84. The summed E-state index contributed by atoms with van der Waals surface area (Å²) in [5.74, 6) is 0.899. The summed E-state index contributed by atoms with van der Waals surface area (Å²) in [5, 5.41) is 3.84. The Kier molecular flexibility index (Phi) is 3.72. The van der Waals surface area contributed by atoms with Crippen molar-refractivity contribution < 1.29 is 0 Å². The van der Waals surface area contributed by atoms with Crippen LogP contribution in [0.4, 0.5) is 0 Å². The molecule has 1 aromatic heterocycles. The van der Waals surface area contributed by atoms with Crippen molar-refractivity contribution in [2.45, 2.75) is 64.6 Å². The summed E-state index contributed by atoms with van der Waals surface area (Å²) in [4.78, 5) is 5.74. The minimum atomic E-state index is 0.255. The molecule has 1 aliphatic carbocycles. The highest BCUT2D eigenvalue weighted by molar-refractivity contribution is 7.11. The number of nitrogens with one attached hydrogen (secondary N) is 1. The third-order valence-electron chi connectivity index (χ3n) is 5.19. The van der Waals surface area contributed by atoms with E-state index in [-0.39, 0.29) is 5.54 Å². The van der Waals surface area contributed by atoms with Gasteiger partial charge in [0.05, 0.1) is 0 Å². The van der Waals surface area contributed by atoms with Gasteiger partial charge < -0.3 is 5.32 Å². The minimum Gasteiger partial charge on any atom is -0.308 e. The summed E-state index contributed by atoms with van der Waals surface area (Å²) in [6.07, 6.45) is 3.99. The van der Waals surface area contributed by atoms with E-state index in [1.165, 1.54) is 29.1 Å². The van der Waals surface area contributed by atoms with Crippen LogP contribution in [0.1, 0.15) is 50.3 Å². The lowest BCUT2D eigenvalue weighted by atomic mass is 9.86. The largest absolute Gasteiger partial charge is 0.308 e. The Morgan fingerprint density at radius 1 is 1.25 bits per heavy atom. The Morgan fingerprint density at radius 2 is 1.95 bits per heavy atom. The van der Waals surface area contributed by atoms with Gasteiger partial charge in [-0.1, -0.05) is 6.92 Å². The number of nitrogens with zero attached hydrogens (tertiary/aromatic N) is 1. The molecule has 1 saturated carbocycles. The van der Waals surface area contributed by atoms with E-state index in [1.54, 1.807) is 0 Å². The molecule has 2 heterocycles. The fourth-order valence-corrected chi connectivity index (χ4v) is 4.32. The molecule has 2 nitrogen and oxygen atoms in total. The lowest BCUT2D eigenvalue weighted by Crippen LogP contribution is -2.67. The predicted molar refractivity (Wildman–Crippen MR) is 87.3 cm³/mol. The van der Waals surface area contributed by atoms with Gasteiger partial charge in [-0.05, 0) is 58.1 Å². The summed E-state index contributed by atoms with van der Waals surface area (Å²) >= 11 is 1.99. The molecule has 1 atom stereocenters. The molecule has 112 valence electrons. The fraction of sp³-hybridized carbons (Fsp3) is 0.765. The Bertz CT molecular complexity index is 475. The molecule has 1 saturated heterocycles. The molecule has 1 unspecified atom stereocenters. The smallest absolute Gasteiger partial charge is 0.0334 e. The van der Waals surface area contributed by atoms with E-state index >= 15 is 0 Å². The maximum Gasteiger partial charge on any atom is 0.0334 e. The van der Waals surface area contributed by atoms with Gasteiger partial charge in [0.2, 0.25) is 0 Å². The fourth-order valence-electron chi connectivity index (χ4n) is 3.35. The zero-order valence-corrected chi connectivity index (χ0v) is 14.1. The highest BCUT2D eigenvalue weighted by Crippen LogP contribution is 2.43. The first-order valence-electron chi connectivity index (χ1n) is 8.01. The van der Waals surface area contributed by atoms with E-state index in [1.807, 2.05) is 11.3 Å². The van der Waals surface area contributed by atoms with Gasteiger partial charge in [-0.2, -0.15) is 0 Å². The van der Waals surface area contributed by atoms with E-state index in [9.17, 15) is 0 Å². The summed E-state index contributed by atoms with van der Waals surface area (Å²) in [5.41, 5.74) is 0.588. The van der Waals surface area contributed by atoms with Gasteiger partial charge in [0.25, 0.3) is 0 Å². The number of piperazine rings is 1. The molecule has 1 aliphatic heterocycles. The number of aryl methyl sites for hydroxylation is 1. The third-order valence-corrected chi connectivity index (χ3v) is 6.41. The summed E-state index contributed by atoms with van der Waals surface area (Å²) < 4.78 is 0. The van der Waals surface area contributed by atoms with Crippen molar-refractivity contribution in [3.05, 3.63) is 21.9 Å². The van der Waals surface area contributed by atoms with Gasteiger partial charge in [-0.3, -0.25) is 4.90 Å². The van der Waals surface area contributed by atoms with Crippen molar-refractivity contribution >= 4 is 11.3 Å². The minimum absolute atomic E-state index is 0.255. The number of hydrogen-bond acceptors (Lipinski definition) is 3. The first-order chi connectivity index (χ1) is 9.43. The normalized spacial score (nSPS) is 30.6. The lowest BCUT2D eigenvalue weighted by Gasteiger charge is -2.51. The zero-order chi connectivity index (χ0) is 14.4. The van der Waals surface area contributed by atoms with Crippen LogP contribution in [0.5, 0.6) is 0 Å². The molecular formula is C17H28N2S. The van der Waals surface area contributed by atoms with Crippen LogP contribution in [0.3, 0.4) is 0 Å². The van der Waals surface area contributed by atoms with E-state index < -0.39 is 0 Å². The molecule has 2 fully saturated rings. The Hall–Kier alpha value is -0.380. The quantitative estimate of drug-likeness (QED) is 0.911. The van der Waals surface area contributed by atoms with Gasteiger partial charge >= 0.3 is 0 Å². The van der Waals surface area contributed by atoms with Crippen molar-refractivity contribution in [2.75, 3.05) is 13.1 Å². The van der Waals surface area contributed by atoms with Crippen LogP contribution in [0.2, 0.25) is 0 Å². The molecule has 3 rings (SSSR count). The van der Waals surface area contributed by atoms with E-state index in [0.29, 0.717) is 5.54 Å². The van der Waals surface area contributed by atoms with Crippen LogP contribution in [0, 0.1) is 5.92 Å². The van der Waals surface area contributed by atoms with Gasteiger partial charge in [-0.25, -0.2) is 0 Å². The van der Waals surface area contributed by atoms with Crippen LogP contribution < -0.4 is 5.32 Å². The van der Waals surface area contributed by atoms with Crippen molar-refractivity contribution in [1.82, 2.24) is 10.2 Å². The Labute approximate surface area is 127 Å². The summed E-state index contributed by atoms with van der Waals surface area (Å²) in [6, 6.07) is 4.63. The van der Waals surface area contributed by atoms with Gasteiger partial charge in [0, 0.05) is 40.5 Å². The molecule has 0 bridgehead atoms. The molecule has 0 amide bonds. The summed E-state index contributed by atoms with van der Waals surface area (Å²) in [7, 11) is 0. The highest BCUT2D eigenvalue weighted by atomic mass is 32.1. The first kappa shape index (κ1) is 14.6. The van der Waals surface area contributed by atoms with Crippen LogP contribution in [-0.4, -0.2) is 29.1 Å². The number of hydrogen-bond donors (Lipinski definition) is 1. The second-order valence-electron chi connectivity index (χ2n) is 7.44. The Balaban J connectivity index is 1.74. The predicted octanol–water partition coefficient (Wildman–Crippen LogP) is 3.66. The monoisotopic (exact) mass is 292 g/mol. The Morgan fingerprint density at radius 3 is 2.55 bits per heavy atom. The molecule has 20 heavy (non-hydrogen) atoms. The van der Waals surface area contributed by atoms with E-state index in [2.05, 4.69) is 50.0 Å². The van der Waals surface area contributed by atoms with Crippen LogP contribution in [0.15, 0.2) is 12.1 Å². The van der Waals surface area contributed by atoms with Crippen molar-refractivity contribution in [1.29, 1.82) is 0 Å². The number of thiophene rings is 1. The standard InChI is InChI=1S/C17H28N2S/c1-5-14-8-9-15(20-14)10-19-12-17(4,13-6-7-13)18-11-16(19,2)3/h8-9,13,18H,5-7,10-12H2,1-4H3. The number of rotatable bonds is 4. The van der Waals surface area contributed by atoms with Crippen LogP contribution in [0.25, 0.3) is 0 Å². The molecule has 0 radical (unpaired) electrons. The SMILES string of the molecule is CCc1ccc(CN2CC(C)(C3CC3)NCC2(C)C)s1. The molecule has 1 N–H and O–H groups in total. The molecule has 0 aromatic carbocycles. The lowest BCUT2D eigenvalue weighted by molar-refractivity contribution is 0.0186. The molecule has 0 spiro atoms. The van der Waals surface area contributed by atoms with Gasteiger partial charge in [0.15, 0.2) is 0 Å². The van der Waals surface area contributed by atoms with Crippen molar-refractivity contribution in [2.24, 2.45) is 5.92 Å².